The number of carbonyl (C=O) groups excluding carboxylic acids is 3. The molecule has 1 spiro atoms. The highest BCUT2D eigenvalue weighted by Gasteiger charge is 2.54. The second-order valence-electron chi connectivity index (χ2n) is 9.21. The molecule has 3 aliphatic rings. The molecule has 8 heteroatoms. The van der Waals surface area contributed by atoms with Gasteiger partial charge in [0.1, 0.15) is 5.54 Å². The van der Waals surface area contributed by atoms with Gasteiger partial charge in [-0.2, -0.15) is 0 Å². The van der Waals surface area contributed by atoms with Crippen LogP contribution in [0, 0.1) is 0 Å². The quantitative estimate of drug-likeness (QED) is 0.727. The Morgan fingerprint density at radius 3 is 2.30 bits per heavy atom. The van der Waals surface area contributed by atoms with Gasteiger partial charge in [-0.05, 0) is 55.5 Å². The predicted molar refractivity (Wildman–Crippen MR) is 122 cm³/mol. The van der Waals surface area contributed by atoms with Crippen molar-refractivity contribution >= 4 is 17.8 Å². The maximum Gasteiger partial charge on any atom is 0.325 e. The smallest absolute Gasteiger partial charge is 0.325 e. The van der Waals surface area contributed by atoms with Gasteiger partial charge in [0.15, 0.2) is 0 Å². The minimum absolute atomic E-state index is 0.0272. The molecule has 0 unspecified atom stereocenters. The number of likely N-dealkylation sites (tertiary alicyclic amines) is 2. The monoisotopic (exact) mass is 447 g/mol. The molecule has 1 aromatic heterocycles. The van der Waals surface area contributed by atoms with Gasteiger partial charge < -0.3 is 10.2 Å². The zero-order valence-corrected chi connectivity index (χ0v) is 18.7. The molecule has 3 aliphatic heterocycles. The van der Waals surface area contributed by atoms with Gasteiger partial charge in [0.05, 0.1) is 0 Å². The molecule has 0 radical (unpaired) electrons. The van der Waals surface area contributed by atoms with Gasteiger partial charge in [-0.3, -0.25) is 24.4 Å². The number of carbonyl (C=O) groups is 3. The van der Waals surface area contributed by atoms with Gasteiger partial charge in [0, 0.05) is 56.7 Å². The van der Waals surface area contributed by atoms with E-state index in [1.54, 1.807) is 29.4 Å². The van der Waals surface area contributed by atoms with Crippen molar-refractivity contribution in [2.75, 3.05) is 26.2 Å². The number of aromatic nitrogens is 1. The highest BCUT2D eigenvalue weighted by atomic mass is 16.2. The first kappa shape index (κ1) is 21.6. The Bertz CT molecular complexity index is 1010. The Morgan fingerprint density at radius 2 is 1.64 bits per heavy atom. The molecule has 0 saturated carbocycles. The first-order chi connectivity index (χ1) is 16.1. The summed E-state index contributed by atoms with van der Waals surface area (Å²) in [6.45, 7) is 3.45. The van der Waals surface area contributed by atoms with E-state index in [1.165, 1.54) is 10.5 Å². The summed E-state index contributed by atoms with van der Waals surface area (Å²) in [5.41, 5.74) is 0.989. The molecule has 4 heterocycles. The van der Waals surface area contributed by atoms with Crippen LogP contribution in [0.1, 0.15) is 41.6 Å². The standard InChI is InChI=1S/C25H29N5O3/c31-22(20-4-2-1-3-5-20)29-16-10-25(11-17-29)23(32)30(24(33)27-25)21-8-14-28(15-9-21)18-19-6-12-26-13-7-19/h1-7,12-13,21H,8-11,14-18H2,(H,27,33). The van der Waals surface area contributed by atoms with E-state index in [0.717, 1.165) is 32.5 Å². The lowest BCUT2D eigenvalue weighted by Crippen LogP contribution is -2.56. The van der Waals surface area contributed by atoms with Crippen LogP contribution in [0.2, 0.25) is 0 Å². The summed E-state index contributed by atoms with van der Waals surface area (Å²) < 4.78 is 0. The number of piperidine rings is 2. The number of nitrogens with one attached hydrogen (secondary N) is 1. The van der Waals surface area contributed by atoms with Crippen LogP contribution in [0.3, 0.4) is 0 Å². The molecule has 3 saturated heterocycles. The zero-order valence-electron chi connectivity index (χ0n) is 18.7. The van der Waals surface area contributed by atoms with E-state index < -0.39 is 5.54 Å². The summed E-state index contributed by atoms with van der Waals surface area (Å²) in [5.74, 6) is -0.146. The number of urea groups is 1. The van der Waals surface area contributed by atoms with Crippen molar-refractivity contribution in [1.82, 2.24) is 25.0 Å². The van der Waals surface area contributed by atoms with Crippen molar-refractivity contribution in [1.29, 1.82) is 0 Å². The van der Waals surface area contributed by atoms with Crippen LogP contribution < -0.4 is 5.32 Å². The summed E-state index contributed by atoms with van der Waals surface area (Å²) in [6.07, 6.45) is 6.06. The Kier molecular flexibility index (Phi) is 5.85. The molecule has 3 fully saturated rings. The lowest BCUT2D eigenvalue weighted by molar-refractivity contribution is -0.135. The summed E-state index contributed by atoms with van der Waals surface area (Å²) in [4.78, 5) is 48.7. The molecule has 4 amide bonds. The van der Waals surface area contributed by atoms with Gasteiger partial charge in [0.2, 0.25) is 0 Å². The third-order valence-corrected chi connectivity index (χ3v) is 7.20. The number of rotatable bonds is 4. The first-order valence-electron chi connectivity index (χ1n) is 11.7. The van der Waals surface area contributed by atoms with Gasteiger partial charge in [0.25, 0.3) is 11.8 Å². The lowest BCUT2D eigenvalue weighted by Gasteiger charge is -2.38. The third-order valence-electron chi connectivity index (χ3n) is 7.20. The number of benzene rings is 1. The maximum absolute atomic E-state index is 13.4. The minimum Gasteiger partial charge on any atom is -0.338 e. The maximum atomic E-state index is 13.4. The topological polar surface area (TPSA) is 85.8 Å². The van der Waals surface area contributed by atoms with Crippen molar-refractivity contribution in [2.45, 2.75) is 43.8 Å². The number of hydrogen-bond donors (Lipinski definition) is 1. The fourth-order valence-electron chi connectivity index (χ4n) is 5.25. The van der Waals surface area contributed by atoms with Crippen LogP contribution in [0.15, 0.2) is 54.9 Å². The molecule has 0 bridgehead atoms. The average Bonchev–Trinajstić information content (AvgIpc) is 3.09. The second kappa shape index (κ2) is 8.94. The highest BCUT2D eigenvalue weighted by molar-refractivity contribution is 6.07. The first-order valence-corrected chi connectivity index (χ1v) is 11.7. The van der Waals surface area contributed by atoms with E-state index in [0.29, 0.717) is 31.5 Å². The van der Waals surface area contributed by atoms with Crippen molar-refractivity contribution in [2.24, 2.45) is 0 Å². The second-order valence-corrected chi connectivity index (χ2v) is 9.21. The summed E-state index contributed by atoms with van der Waals surface area (Å²) in [6, 6.07) is 12.9. The van der Waals surface area contributed by atoms with Crippen LogP contribution >= 0.6 is 0 Å². The minimum atomic E-state index is -0.876. The zero-order chi connectivity index (χ0) is 22.8. The van der Waals surface area contributed by atoms with E-state index in [2.05, 4.69) is 15.2 Å². The fraction of sp³-hybridized carbons (Fsp3) is 0.440. The number of imide groups is 1. The molecule has 33 heavy (non-hydrogen) atoms. The predicted octanol–water partition coefficient (Wildman–Crippen LogP) is 2.27. The number of hydrogen-bond acceptors (Lipinski definition) is 5. The van der Waals surface area contributed by atoms with Crippen molar-refractivity contribution in [3.05, 3.63) is 66.0 Å². The SMILES string of the molecule is O=C(c1ccccc1)N1CCC2(CC1)NC(=O)N(C1CCN(Cc3ccncc3)CC1)C2=O. The van der Waals surface area contributed by atoms with Crippen molar-refractivity contribution in [3.8, 4) is 0 Å². The number of pyridine rings is 1. The van der Waals surface area contributed by atoms with Gasteiger partial charge >= 0.3 is 6.03 Å². The molecule has 5 rings (SSSR count). The Balaban J connectivity index is 1.18. The molecular weight excluding hydrogens is 418 g/mol. The fourth-order valence-corrected chi connectivity index (χ4v) is 5.25. The van der Waals surface area contributed by atoms with E-state index in [1.807, 2.05) is 30.3 Å². The van der Waals surface area contributed by atoms with Crippen LogP contribution in [0.4, 0.5) is 4.79 Å². The van der Waals surface area contributed by atoms with E-state index in [9.17, 15) is 14.4 Å². The number of amides is 4. The molecule has 1 aromatic carbocycles. The van der Waals surface area contributed by atoms with Gasteiger partial charge in [-0.15, -0.1) is 0 Å². The largest absolute Gasteiger partial charge is 0.338 e. The Morgan fingerprint density at radius 1 is 0.970 bits per heavy atom. The van der Waals surface area contributed by atoms with Gasteiger partial charge in [-0.25, -0.2) is 4.79 Å². The third kappa shape index (κ3) is 4.23. The molecular formula is C25H29N5O3. The summed E-state index contributed by atoms with van der Waals surface area (Å²) in [7, 11) is 0. The van der Waals surface area contributed by atoms with E-state index in [4.69, 9.17) is 0 Å². The summed E-state index contributed by atoms with van der Waals surface area (Å²) in [5, 5.41) is 3.00. The van der Waals surface area contributed by atoms with Crippen LogP contribution in [-0.2, 0) is 11.3 Å². The van der Waals surface area contributed by atoms with Crippen molar-refractivity contribution in [3.63, 3.8) is 0 Å². The number of nitrogens with zero attached hydrogens (tertiary/aromatic N) is 4. The average molecular weight is 448 g/mol. The Hall–Kier alpha value is -3.26. The normalized spacial score (nSPS) is 21.5. The molecule has 172 valence electrons. The molecule has 1 N–H and O–H groups in total. The Labute approximate surface area is 193 Å². The molecule has 0 atom stereocenters. The van der Waals surface area contributed by atoms with E-state index >= 15 is 0 Å². The molecule has 8 nitrogen and oxygen atoms in total. The van der Waals surface area contributed by atoms with Crippen LogP contribution in [0.25, 0.3) is 0 Å². The van der Waals surface area contributed by atoms with Crippen LogP contribution in [-0.4, -0.2) is 75.3 Å². The van der Waals surface area contributed by atoms with Gasteiger partial charge in [-0.1, -0.05) is 18.2 Å². The molecule has 0 aliphatic carbocycles. The highest BCUT2D eigenvalue weighted by Crippen LogP contribution is 2.33. The van der Waals surface area contributed by atoms with E-state index in [-0.39, 0.29) is 23.9 Å². The van der Waals surface area contributed by atoms with Crippen molar-refractivity contribution < 1.29 is 14.4 Å². The lowest BCUT2D eigenvalue weighted by atomic mass is 9.86. The summed E-state index contributed by atoms with van der Waals surface area (Å²) >= 11 is 0. The molecule has 2 aromatic rings. The van der Waals surface area contributed by atoms with Crippen LogP contribution in [0.5, 0.6) is 0 Å².